The number of anilines is 1. The average molecular weight is 400 g/mol. The fourth-order valence-corrected chi connectivity index (χ4v) is 3.77. The first kappa shape index (κ1) is 19.8. The minimum atomic E-state index is -0.640. The van der Waals surface area contributed by atoms with Crippen molar-refractivity contribution in [1.29, 1.82) is 0 Å². The molecule has 8 heteroatoms. The van der Waals surface area contributed by atoms with Crippen LogP contribution in [0.15, 0.2) is 36.4 Å². The minimum Gasteiger partial charge on any atom is -0.454 e. The van der Waals surface area contributed by atoms with Crippen LogP contribution in [0, 0.1) is 0 Å². The van der Waals surface area contributed by atoms with Crippen LogP contribution in [0.2, 0.25) is 0 Å². The van der Waals surface area contributed by atoms with Gasteiger partial charge in [-0.1, -0.05) is 12.1 Å². The van der Waals surface area contributed by atoms with Crippen LogP contribution in [0.5, 0.6) is 0 Å². The van der Waals surface area contributed by atoms with Gasteiger partial charge in [-0.2, -0.15) is 0 Å². The highest BCUT2D eigenvalue weighted by atomic mass is 32.1. The van der Waals surface area contributed by atoms with Gasteiger partial charge in [0.05, 0.1) is 22.7 Å². The lowest BCUT2D eigenvalue weighted by Gasteiger charge is -2.18. The number of nitrogens with one attached hydrogen (secondary N) is 1. The number of amides is 2. The van der Waals surface area contributed by atoms with Crippen LogP contribution in [-0.2, 0) is 20.9 Å². The summed E-state index contributed by atoms with van der Waals surface area (Å²) in [5.41, 5.74) is 0.777. The van der Waals surface area contributed by atoms with Gasteiger partial charge in [0.1, 0.15) is 0 Å². The smallest absolute Gasteiger partial charge is 0.340 e. The summed E-state index contributed by atoms with van der Waals surface area (Å²) in [5.74, 6) is -1.13. The number of thiophene rings is 1. The molecular formula is C20H20N2O5S. The summed E-state index contributed by atoms with van der Waals surface area (Å²) in [7, 11) is 0. The summed E-state index contributed by atoms with van der Waals surface area (Å²) in [6, 6.07) is 10.1. The zero-order valence-corrected chi connectivity index (χ0v) is 16.2. The molecule has 0 bridgehead atoms. The fourth-order valence-electron chi connectivity index (χ4n) is 2.90. The molecule has 1 aliphatic rings. The van der Waals surface area contributed by atoms with E-state index in [0.717, 1.165) is 11.3 Å². The van der Waals surface area contributed by atoms with Gasteiger partial charge in [-0.25, -0.2) is 4.79 Å². The van der Waals surface area contributed by atoms with Crippen molar-refractivity contribution in [1.82, 2.24) is 5.32 Å². The van der Waals surface area contributed by atoms with Crippen molar-refractivity contribution >= 4 is 40.6 Å². The molecule has 0 saturated carbocycles. The molecule has 0 spiro atoms. The van der Waals surface area contributed by atoms with Crippen molar-refractivity contribution in [3.63, 3.8) is 0 Å². The number of carbonyl (C=O) groups is 4. The van der Waals surface area contributed by atoms with Crippen LogP contribution in [0.1, 0.15) is 44.7 Å². The van der Waals surface area contributed by atoms with Crippen molar-refractivity contribution in [2.75, 3.05) is 18.1 Å². The van der Waals surface area contributed by atoms with E-state index >= 15 is 0 Å². The van der Waals surface area contributed by atoms with E-state index in [9.17, 15) is 19.2 Å². The number of hydrogen-bond acceptors (Lipinski definition) is 6. The Labute approximate surface area is 166 Å². The molecular weight excluding hydrogens is 380 g/mol. The summed E-state index contributed by atoms with van der Waals surface area (Å²) in [6.07, 6.45) is 1.21. The van der Waals surface area contributed by atoms with E-state index in [1.165, 1.54) is 18.3 Å². The number of ether oxygens (including phenoxy) is 1. The number of para-hydroxylation sites is 1. The predicted molar refractivity (Wildman–Crippen MR) is 104 cm³/mol. The number of benzene rings is 1. The molecule has 1 aliphatic heterocycles. The topological polar surface area (TPSA) is 92.8 Å². The Morgan fingerprint density at radius 2 is 1.96 bits per heavy atom. The first-order valence-electron chi connectivity index (χ1n) is 8.88. The quantitative estimate of drug-likeness (QED) is 0.570. The Bertz CT molecular complexity index is 921. The van der Waals surface area contributed by atoms with Crippen molar-refractivity contribution < 1.29 is 23.9 Å². The highest BCUT2D eigenvalue weighted by Gasteiger charge is 2.26. The molecule has 7 nitrogen and oxygen atoms in total. The van der Waals surface area contributed by atoms with Crippen molar-refractivity contribution in [2.24, 2.45) is 0 Å². The first-order chi connectivity index (χ1) is 13.5. The van der Waals surface area contributed by atoms with Gasteiger partial charge in [0.2, 0.25) is 17.6 Å². The number of carbonyl (C=O) groups excluding carboxylic acids is 4. The van der Waals surface area contributed by atoms with Crippen molar-refractivity contribution in [3.8, 4) is 0 Å². The summed E-state index contributed by atoms with van der Waals surface area (Å²) in [6.45, 7) is 1.95. The first-order valence-corrected chi connectivity index (χ1v) is 9.70. The highest BCUT2D eigenvalue weighted by molar-refractivity contribution is 7.14. The van der Waals surface area contributed by atoms with Gasteiger partial charge < -0.3 is 15.0 Å². The third-order valence-corrected chi connectivity index (χ3v) is 5.40. The van der Waals surface area contributed by atoms with Crippen LogP contribution >= 0.6 is 11.3 Å². The lowest BCUT2D eigenvalue weighted by molar-refractivity contribution is -0.119. The number of hydrogen-bond donors (Lipinski definition) is 1. The Morgan fingerprint density at radius 3 is 2.68 bits per heavy atom. The van der Waals surface area contributed by atoms with E-state index in [2.05, 4.69) is 5.32 Å². The number of ketones is 1. The Kier molecular flexibility index (Phi) is 6.20. The lowest BCUT2D eigenvalue weighted by atomic mass is 10.1. The van der Waals surface area contributed by atoms with Crippen molar-refractivity contribution in [2.45, 2.75) is 26.3 Å². The van der Waals surface area contributed by atoms with Crippen LogP contribution in [-0.4, -0.2) is 36.7 Å². The SMILES string of the molecule is CC(=O)NCc1ccc(C(=O)COC(=O)c2ccccc2N2CCCC2=O)s1. The zero-order chi connectivity index (χ0) is 20.1. The molecule has 0 radical (unpaired) electrons. The summed E-state index contributed by atoms with van der Waals surface area (Å²) in [4.78, 5) is 50.6. The molecule has 1 aromatic carbocycles. The zero-order valence-electron chi connectivity index (χ0n) is 15.4. The Balaban J connectivity index is 1.62. The van der Waals surface area contributed by atoms with Crippen LogP contribution in [0.4, 0.5) is 5.69 Å². The maximum atomic E-state index is 12.5. The van der Waals surface area contributed by atoms with E-state index in [4.69, 9.17) is 4.74 Å². The molecule has 28 heavy (non-hydrogen) atoms. The van der Waals surface area contributed by atoms with E-state index in [1.807, 2.05) is 0 Å². The summed E-state index contributed by atoms with van der Waals surface area (Å²) in [5, 5.41) is 2.66. The predicted octanol–water partition coefficient (Wildman–Crippen LogP) is 2.55. The second-order valence-electron chi connectivity index (χ2n) is 6.34. The van der Waals surface area contributed by atoms with Gasteiger partial charge in [-0.05, 0) is 30.7 Å². The fraction of sp³-hybridized carbons (Fsp3) is 0.300. The third-order valence-electron chi connectivity index (χ3n) is 4.27. The minimum absolute atomic E-state index is 0.0263. The van der Waals surface area contributed by atoms with Gasteiger partial charge in [-0.15, -0.1) is 11.3 Å². The maximum Gasteiger partial charge on any atom is 0.340 e. The molecule has 146 valence electrons. The molecule has 3 rings (SSSR count). The van der Waals surface area contributed by atoms with E-state index in [1.54, 1.807) is 41.3 Å². The van der Waals surface area contributed by atoms with E-state index in [0.29, 0.717) is 30.1 Å². The van der Waals surface area contributed by atoms with Gasteiger partial charge in [0, 0.05) is 24.8 Å². The van der Waals surface area contributed by atoms with E-state index < -0.39 is 5.97 Å². The van der Waals surface area contributed by atoms with Gasteiger partial charge in [0.15, 0.2) is 6.61 Å². The Hall–Kier alpha value is -3.00. The number of esters is 1. The van der Waals surface area contributed by atoms with Crippen LogP contribution in [0.3, 0.4) is 0 Å². The standard InChI is InChI=1S/C20H20N2O5S/c1-13(23)21-11-14-8-9-18(28-14)17(24)12-27-20(26)15-5-2-3-6-16(15)22-10-4-7-19(22)25/h2-3,5-6,8-9H,4,7,10-12H2,1H3,(H,21,23). The molecule has 1 aromatic heterocycles. The molecule has 1 N–H and O–H groups in total. The largest absolute Gasteiger partial charge is 0.454 e. The normalized spacial score (nSPS) is 13.5. The number of nitrogens with zero attached hydrogens (tertiary/aromatic N) is 1. The van der Waals surface area contributed by atoms with E-state index in [-0.39, 0.29) is 29.8 Å². The molecule has 2 heterocycles. The van der Waals surface area contributed by atoms with Gasteiger partial charge in [0.25, 0.3) is 0 Å². The molecule has 2 aromatic rings. The molecule has 0 atom stereocenters. The van der Waals surface area contributed by atoms with Crippen LogP contribution < -0.4 is 10.2 Å². The lowest BCUT2D eigenvalue weighted by Crippen LogP contribution is -2.26. The highest BCUT2D eigenvalue weighted by Crippen LogP contribution is 2.26. The number of rotatable bonds is 7. The average Bonchev–Trinajstić information content (AvgIpc) is 3.33. The molecule has 1 fully saturated rings. The molecule has 0 unspecified atom stereocenters. The van der Waals surface area contributed by atoms with Gasteiger partial charge >= 0.3 is 5.97 Å². The molecule has 0 aliphatic carbocycles. The molecule has 1 saturated heterocycles. The van der Waals surface area contributed by atoms with Crippen LogP contribution in [0.25, 0.3) is 0 Å². The second-order valence-corrected chi connectivity index (χ2v) is 7.51. The number of Topliss-reactive ketones (excluding diaryl/α,β-unsaturated/α-hetero) is 1. The molecule has 2 amide bonds. The van der Waals surface area contributed by atoms with Gasteiger partial charge in [-0.3, -0.25) is 14.4 Å². The monoisotopic (exact) mass is 400 g/mol. The Morgan fingerprint density at radius 1 is 1.18 bits per heavy atom. The van der Waals surface area contributed by atoms with Crippen molar-refractivity contribution in [3.05, 3.63) is 51.7 Å². The third kappa shape index (κ3) is 4.64. The summed E-state index contributed by atoms with van der Waals surface area (Å²) >= 11 is 1.25. The summed E-state index contributed by atoms with van der Waals surface area (Å²) < 4.78 is 5.20. The maximum absolute atomic E-state index is 12.5. The second kappa shape index (κ2) is 8.79.